The first-order valence-electron chi connectivity index (χ1n) is 5.26. The van der Waals surface area contributed by atoms with Gasteiger partial charge in [-0.25, -0.2) is 0 Å². The van der Waals surface area contributed by atoms with Crippen LogP contribution < -0.4 is 10.9 Å². The Labute approximate surface area is 102 Å². The Kier molecular flexibility index (Phi) is 3.09. The van der Waals surface area contributed by atoms with Gasteiger partial charge in [0.15, 0.2) is 5.78 Å². The largest absolute Gasteiger partial charge is 0.321 e. The number of nitrogens with one attached hydrogen (secondary N) is 3. The first-order valence-corrected chi connectivity index (χ1v) is 5.26. The summed E-state index contributed by atoms with van der Waals surface area (Å²) < 4.78 is 0. The lowest BCUT2D eigenvalue weighted by Gasteiger charge is -2.04. The highest BCUT2D eigenvalue weighted by Crippen LogP contribution is 2.11. The van der Waals surface area contributed by atoms with Gasteiger partial charge < -0.3 is 5.32 Å². The lowest BCUT2D eigenvalue weighted by atomic mass is 10.1. The zero-order valence-corrected chi connectivity index (χ0v) is 9.61. The minimum absolute atomic E-state index is 0.0823. The zero-order valence-electron chi connectivity index (χ0n) is 9.61. The summed E-state index contributed by atoms with van der Waals surface area (Å²) in [6.45, 7) is 1.45. The van der Waals surface area contributed by atoms with Crippen molar-refractivity contribution in [3.63, 3.8) is 0 Å². The summed E-state index contributed by atoms with van der Waals surface area (Å²) in [4.78, 5) is 33.8. The van der Waals surface area contributed by atoms with Gasteiger partial charge in [0.25, 0.3) is 11.5 Å². The Balaban J connectivity index is 2.19. The normalized spacial score (nSPS) is 10.1. The molecule has 1 heterocycles. The summed E-state index contributed by atoms with van der Waals surface area (Å²) in [6.07, 6.45) is 0. The van der Waals surface area contributed by atoms with Crippen LogP contribution in [0.2, 0.25) is 0 Å². The molecule has 2 rings (SSSR count). The number of anilines is 1. The number of benzene rings is 1. The number of Topliss-reactive ketones (excluding diaryl/α,β-unsaturated/α-hetero) is 1. The van der Waals surface area contributed by atoms with Crippen LogP contribution in [0.5, 0.6) is 0 Å². The van der Waals surface area contributed by atoms with Gasteiger partial charge in [-0.05, 0) is 19.1 Å². The predicted octanol–water partition coefficient (Wildman–Crippen LogP) is 1.16. The zero-order chi connectivity index (χ0) is 13.1. The van der Waals surface area contributed by atoms with E-state index in [4.69, 9.17) is 0 Å². The van der Waals surface area contributed by atoms with Crippen LogP contribution in [-0.4, -0.2) is 21.9 Å². The maximum Gasteiger partial charge on any atom is 0.273 e. The topological polar surface area (TPSA) is 94.8 Å². The molecule has 3 N–H and O–H groups in total. The van der Waals surface area contributed by atoms with Gasteiger partial charge in [0.05, 0.1) is 0 Å². The molecular formula is C12H11N3O3. The lowest BCUT2D eigenvalue weighted by Crippen LogP contribution is -2.12. The van der Waals surface area contributed by atoms with Crippen LogP contribution >= 0.6 is 0 Å². The highest BCUT2D eigenvalue weighted by atomic mass is 16.2. The summed E-state index contributed by atoms with van der Waals surface area (Å²) in [5.41, 5.74) is 0.760. The summed E-state index contributed by atoms with van der Waals surface area (Å²) >= 11 is 0. The maximum absolute atomic E-state index is 11.7. The monoisotopic (exact) mass is 245 g/mol. The Hall–Kier alpha value is -2.63. The minimum Gasteiger partial charge on any atom is -0.321 e. The molecule has 1 aromatic heterocycles. The standard InChI is InChI=1S/C12H11N3O3/c1-7(16)8-3-2-4-9(5-8)13-12(18)10-6-11(17)15-14-10/h2-6H,1H3,(H,13,18)(H2,14,15,17). The molecule has 0 bridgehead atoms. The van der Waals surface area contributed by atoms with Crippen molar-refractivity contribution in [3.8, 4) is 0 Å². The van der Waals surface area contributed by atoms with E-state index < -0.39 is 5.91 Å². The highest BCUT2D eigenvalue weighted by molar-refractivity contribution is 6.03. The highest BCUT2D eigenvalue weighted by Gasteiger charge is 2.09. The summed E-state index contributed by atoms with van der Waals surface area (Å²) in [5.74, 6) is -0.532. The number of carbonyl (C=O) groups is 2. The van der Waals surface area contributed by atoms with Gasteiger partial charge in [0.2, 0.25) is 0 Å². The van der Waals surface area contributed by atoms with E-state index in [9.17, 15) is 14.4 Å². The third-order valence-electron chi connectivity index (χ3n) is 2.37. The van der Waals surface area contributed by atoms with Crippen LogP contribution in [-0.2, 0) is 0 Å². The third-order valence-corrected chi connectivity index (χ3v) is 2.37. The molecular weight excluding hydrogens is 234 g/mol. The van der Waals surface area contributed by atoms with Gasteiger partial charge in [-0.1, -0.05) is 12.1 Å². The molecule has 0 saturated carbocycles. The maximum atomic E-state index is 11.7. The molecule has 2 aromatic rings. The van der Waals surface area contributed by atoms with E-state index in [1.165, 1.54) is 6.92 Å². The number of amides is 1. The molecule has 1 amide bonds. The van der Waals surface area contributed by atoms with Crippen LogP contribution in [0.4, 0.5) is 5.69 Å². The molecule has 0 aliphatic heterocycles. The van der Waals surface area contributed by atoms with Crippen LogP contribution in [0, 0.1) is 0 Å². The SMILES string of the molecule is CC(=O)c1cccc(NC(=O)c2cc(=O)[nH][nH]2)c1. The van der Waals surface area contributed by atoms with Crippen molar-refractivity contribution in [2.45, 2.75) is 6.92 Å². The van der Waals surface area contributed by atoms with E-state index in [2.05, 4.69) is 15.5 Å². The Morgan fingerprint density at radius 1 is 1.17 bits per heavy atom. The second-order valence-corrected chi connectivity index (χ2v) is 3.76. The fraction of sp³-hybridized carbons (Fsp3) is 0.0833. The summed E-state index contributed by atoms with van der Waals surface area (Å²) in [7, 11) is 0. The second kappa shape index (κ2) is 4.70. The smallest absolute Gasteiger partial charge is 0.273 e. The number of ketones is 1. The third kappa shape index (κ3) is 2.54. The number of hydrogen-bond donors (Lipinski definition) is 3. The van der Waals surface area contributed by atoms with E-state index >= 15 is 0 Å². The number of H-pyrrole nitrogens is 2. The van der Waals surface area contributed by atoms with Crippen molar-refractivity contribution in [2.75, 3.05) is 5.32 Å². The summed E-state index contributed by atoms with van der Waals surface area (Å²) in [6, 6.07) is 7.73. The molecule has 18 heavy (non-hydrogen) atoms. The molecule has 6 heteroatoms. The Morgan fingerprint density at radius 2 is 1.94 bits per heavy atom. The second-order valence-electron chi connectivity index (χ2n) is 3.76. The Morgan fingerprint density at radius 3 is 2.56 bits per heavy atom. The van der Waals surface area contributed by atoms with Crippen LogP contribution in [0.25, 0.3) is 0 Å². The Bertz CT molecular complexity index is 654. The van der Waals surface area contributed by atoms with Crippen molar-refractivity contribution >= 4 is 17.4 Å². The molecule has 0 aliphatic rings. The fourth-order valence-corrected chi connectivity index (χ4v) is 1.47. The number of hydrogen-bond acceptors (Lipinski definition) is 3. The van der Waals surface area contributed by atoms with Crippen molar-refractivity contribution < 1.29 is 9.59 Å². The van der Waals surface area contributed by atoms with Crippen LogP contribution in [0.15, 0.2) is 35.1 Å². The molecule has 0 spiro atoms. The van der Waals surface area contributed by atoms with Crippen molar-refractivity contribution in [1.82, 2.24) is 10.2 Å². The van der Waals surface area contributed by atoms with Gasteiger partial charge in [-0.3, -0.25) is 24.6 Å². The van der Waals surface area contributed by atoms with E-state index in [0.29, 0.717) is 11.3 Å². The first-order chi connectivity index (χ1) is 8.56. The molecule has 6 nitrogen and oxygen atoms in total. The van der Waals surface area contributed by atoms with Crippen molar-refractivity contribution in [2.24, 2.45) is 0 Å². The number of aromatic nitrogens is 2. The van der Waals surface area contributed by atoms with E-state index in [0.717, 1.165) is 6.07 Å². The average Bonchev–Trinajstić information content (AvgIpc) is 2.76. The van der Waals surface area contributed by atoms with Crippen molar-refractivity contribution in [3.05, 3.63) is 51.9 Å². The minimum atomic E-state index is -0.450. The van der Waals surface area contributed by atoms with Gasteiger partial charge in [-0.2, -0.15) is 0 Å². The van der Waals surface area contributed by atoms with Gasteiger partial charge in [-0.15, -0.1) is 0 Å². The molecule has 0 saturated heterocycles. The molecule has 0 aliphatic carbocycles. The molecule has 92 valence electrons. The van der Waals surface area contributed by atoms with Crippen molar-refractivity contribution in [1.29, 1.82) is 0 Å². The van der Waals surface area contributed by atoms with E-state index in [-0.39, 0.29) is 17.0 Å². The average molecular weight is 245 g/mol. The van der Waals surface area contributed by atoms with Crippen LogP contribution in [0.3, 0.4) is 0 Å². The number of aromatic amines is 2. The molecule has 0 radical (unpaired) electrons. The van der Waals surface area contributed by atoms with Gasteiger partial charge in [0.1, 0.15) is 5.69 Å². The molecule has 1 aromatic carbocycles. The first kappa shape index (κ1) is 11.8. The predicted molar refractivity (Wildman–Crippen MR) is 65.8 cm³/mol. The van der Waals surface area contributed by atoms with E-state index in [1.54, 1.807) is 24.3 Å². The lowest BCUT2D eigenvalue weighted by molar-refractivity contribution is 0.100. The summed E-state index contributed by atoms with van der Waals surface area (Å²) in [5, 5.41) is 7.30. The fourth-order valence-electron chi connectivity index (χ4n) is 1.47. The molecule has 0 atom stereocenters. The van der Waals surface area contributed by atoms with Gasteiger partial charge >= 0.3 is 0 Å². The number of rotatable bonds is 3. The molecule has 0 fully saturated rings. The molecule has 0 unspecified atom stereocenters. The van der Waals surface area contributed by atoms with Crippen LogP contribution in [0.1, 0.15) is 27.8 Å². The number of carbonyl (C=O) groups excluding carboxylic acids is 2. The van der Waals surface area contributed by atoms with E-state index in [1.807, 2.05) is 0 Å². The quantitative estimate of drug-likeness (QED) is 0.708. The van der Waals surface area contributed by atoms with Gasteiger partial charge in [0, 0.05) is 17.3 Å².